The maximum atomic E-state index is 13.1. The lowest BCUT2D eigenvalue weighted by atomic mass is 9.99. The third kappa shape index (κ3) is 4.67. The first-order valence-electron chi connectivity index (χ1n) is 11.0. The SMILES string of the molecule is Cc1cccc(NS(=O)(=O)c2cc(-c3nc(C)c(C(=O)N4CCC(C)CC4)s3)n(C)c2C)n1. The van der Waals surface area contributed by atoms with Gasteiger partial charge in [-0.3, -0.25) is 9.52 Å². The van der Waals surface area contributed by atoms with Crippen molar-refractivity contribution < 1.29 is 13.2 Å². The molecule has 8 nitrogen and oxygen atoms in total. The van der Waals surface area contributed by atoms with Crippen LogP contribution in [0.2, 0.25) is 0 Å². The quantitative estimate of drug-likeness (QED) is 0.583. The van der Waals surface area contributed by atoms with E-state index in [1.165, 1.54) is 11.3 Å². The van der Waals surface area contributed by atoms with Gasteiger partial charge < -0.3 is 9.47 Å². The van der Waals surface area contributed by atoms with Crippen LogP contribution >= 0.6 is 11.3 Å². The Morgan fingerprint density at radius 2 is 1.85 bits per heavy atom. The van der Waals surface area contributed by atoms with E-state index >= 15 is 0 Å². The van der Waals surface area contributed by atoms with E-state index in [-0.39, 0.29) is 16.6 Å². The Kier molecular flexibility index (Phi) is 6.32. The summed E-state index contributed by atoms with van der Waals surface area (Å²) in [5.41, 5.74) is 2.63. The molecule has 3 aromatic heterocycles. The number of sulfonamides is 1. The van der Waals surface area contributed by atoms with Crippen LogP contribution in [0.15, 0.2) is 29.2 Å². The molecule has 1 aliphatic heterocycles. The van der Waals surface area contributed by atoms with Gasteiger partial charge in [-0.15, -0.1) is 11.3 Å². The van der Waals surface area contributed by atoms with Crippen LogP contribution < -0.4 is 4.72 Å². The summed E-state index contributed by atoms with van der Waals surface area (Å²) in [6.07, 6.45) is 2.02. The number of hydrogen-bond donors (Lipinski definition) is 1. The van der Waals surface area contributed by atoms with Gasteiger partial charge in [0.05, 0.1) is 11.4 Å². The van der Waals surface area contributed by atoms with Crippen molar-refractivity contribution in [2.24, 2.45) is 13.0 Å². The Balaban J connectivity index is 1.64. The van der Waals surface area contributed by atoms with Gasteiger partial charge >= 0.3 is 0 Å². The zero-order chi connectivity index (χ0) is 23.9. The Labute approximate surface area is 198 Å². The fourth-order valence-electron chi connectivity index (χ4n) is 4.00. The second-order valence-corrected chi connectivity index (χ2v) is 11.4. The molecule has 3 aromatic rings. The van der Waals surface area contributed by atoms with Gasteiger partial charge in [0.25, 0.3) is 15.9 Å². The molecule has 0 atom stereocenters. The standard InChI is InChI=1S/C23H29N5O3S2/c1-14-9-11-28(12-10-14)23(29)21-16(3)25-22(32-21)18-13-19(17(4)27(18)5)33(30,31)26-20-8-6-7-15(2)24-20/h6-8,13-14H,9-12H2,1-5H3,(H,24,26). The number of pyridine rings is 1. The molecule has 0 unspecified atom stereocenters. The maximum absolute atomic E-state index is 13.1. The third-order valence-corrected chi connectivity index (χ3v) is 8.82. The zero-order valence-electron chi connectivity index (χ0n) is 19.5. The summed E-state index contributed by atoms with van der Waals surface area (Å²) in [6.45, 7) is 9.12. The lowest BCUT2D eigenvalue weighted by Gasteiger charge is -2.30. The smallest absolute Gasteiger partial charge is 0.265 e. The van der Waals surface area contributed by atoms with Crippen LogP contribution in [0.4, 0.5) is 5.82 Å². The summed E-state index contributed by atoms with van der Waals surface area (Å²) in [4.78, 5) is 24.6. The predicted octanol–water partition coefficient (Wildman–Crippen LogP) is 4.14. The number of thiazole rings is 1. The minimum absolute atomic E-state index is 0.00844. The van der Waals surface area contributed by atoms with E-state index in [4.69, 9.17) is 0 Å². The van der Waals surface area contributed by atoms with Gasteiger partial charge in [0.2, 0.25) is 0 Å². The van der Waals surface area contributed by atoms with Crippen molar-refractivity contribution in [1.82, 2.24) is 19.4 Å². The number of aryl methyl sites for hydroxylation is 2. The highest BCUT2D eigenvalue weighted by Crippen LogP contribution is 2.34. The fraction of sp³-hybridized carbons (Fsp3) is 0.435. The number of amides is 1. The number of anilines is 1. The molecule has 33 heavy (non-hydrogen) atoms. The molecular weight excluding hydrogens is 458 g/mol. The molecule has 0 aromatic carbocycles. The maximum Gasteiger partial charge on any atom is 0.265 e. The normalized spacial score (nSPS) is 15.1. The minimum atomic E-state index is -3.84. The lowest BCUT2D eigenvalue weighted by Crippen LogP contribution is -2.37. The van der Waals surface area contributed by atoms with Gasteiger partial charge in [0, 0.05) is 31.5 Å². The van der Waals surface area contributed by atoms with Crippen LogP contribution in [-0.2, 0) is 17.1 Å². The van der Waals surface area contributed by atoms with Gasteiger partial charge in [-0.25, -0.2) is 18.4 Å². The summed E-state index contributed by atoms with van der Waals surface area (Å²) in [5, 5.41) is 0.627. The number of rotatable bonds is 5. The number of carbonyl (C=O) groups excluding carboxylic acids is 1. The molecule has 1 saturated heterocycles. The number of carbonyl (C=O) groups is 1. The van der Waals surface area contributed by atoms with E-state index in [1.807, 2.05) is 11.8 Å². The average Bonchev–Trinajstić information content (AvgIpc) is 3.28. The van der Waals surface area contributed by atoms with Crippen LogP contribution in [0.1, 0.15) is 46.5 Å². The second-order valence-electron chi connectivity index (χ2n) is 8.72. The first kappa shape index (κ1) is 23.4. The topological polar surface area (TPSA) is 97.2 Å². The summed E-state index contributed by atoms with van der Waals surface area (Å²) in [7, 11) is -2.04. The highest BCUT2D eigenvalue weighted by atomic mass is 32.2. The van der Waals surface area contributed by atoms with Gasteiger partial charge in [-0.2, -0.15) is 0 Å². The van der Waals surface area contributed by atoms with Crippen LogP contribution in [0.25, 0.3) is 10.7 Å². The van der Waals surface area contributed by atoms with Crippen LogP contribution in [0, 0.1) is 26.7 Å². The number of hydrogen-bond acceptors (Lipinski definition) is 6. The molecule has 1 aliphatic rings. The molecule has 0 saturated carbocycles. The molecule has 1 N–H and O–H groups in total. The van der Waals surface area contributed by atoms with E-state index in [2.05, 4.69) is 21.6 Å². The van der Waals surface area contributed by atoms with Crippen molar-refractivity contribution in [2.45, 2.75) is 45.4 Å². The van der Waals surface area contributed by atoms with Crippen LogP contribution in [-0.4, -0.2) is 46.8 Å². The van der Waals surface area contributed by atoms with E-state index in [0.29, 0.717) is 32.9 Å². The van der Waals surface area contributed by atoms with Crippen molar-refractivity contribution in [1.29, 1.82) is 0 Å². The largest absolute Gasteiger partial charge is 0.345 e. The number of piperidine rings is 1. The first-order chi connectivity index (χ1) is 15.6. The zero-order valence-corrected chi connectivity index (χ0v) is 21.2. The molecule has 0 bridgehead atoms. The van der Waals surface area contributed by atoms with Crippen molar-refractivity contribution in [3.8, 4) is 10.7 Å². The lowest BCUT2D eigenvalue weighted by molar-refractivity contribution is 0.0701. The van der Waals surface area contributed by atoms with Crippen molar-refractivity contribution in [3.63, 3.8) is 0 Å². The van der Waals surface area contributed by atoms with Gasteiger partial charge in [0.15, 0.2) is 0 Å². The fourth-order valence-corrected chi connectivity index (χ4v) is 6.38. The molecule has 0 radical (unpaired) electrons. The van der Waals surface area contributed by atoms with Gasteiger partial charge in [0.1, 0.15) is 20.6 Å². The van der Waals surface area contributed by atoms with E-state index < -0.39 is 10.0 Å². The molecule has 176 valence electrons. The highest BCUT2D eigenvalue weighted by Gasteiger charge is 2.28. The Morgan fingerprint density at radius 3 is 2.52 bits per heavy atom. The Hall–Kier alpha value is -2.72. The predicted molar refractivity (Wildman–Crippen MR) is 130 cm³/mol. The molecular formula is C23H29N5O3S2. The molecule has 1 amide bonds. The Bertz CT molecular complexity index is 1300. The van der Waals surface area contributed by atoms with Crippen LogP contribution in [0.5, 0.6) is 0 Å². The van der Waals surface area contributed by atoms with Crippen molar-refractivity contribution in [2.75, 3.05) is 17.8 Å². The van der Waals surface area contributed by atoms with Gasteiger partial charge in [-0.1, -0.05) is 13.0 Å². The van der Waals surface area contributed by atoms with E-state index in [0.717, 1.165) is 31.6 Å². The first-order valence-corrected chi connectivity index (χ1v) is 13.3. The van der Waals surface area contributed by atoms with Crippen molar-refractivity contribution >= 4 is 33.1 Å². The molecule has 4 heterocycles. The summed E-state index contributed by atoms with van der Waals surface area (Å²) >= 11 is 1.32. The van der Waals surface area contributed by atoms with Gasteiger partial charge in [-0.05, 0) is 57.7 Å². The average molecular weight is 488 g/mol. The third-order valence-electron chi connectivity index (χ3n) is 6.19. The summed E-state index contributed by atoms with van der Waals surface area (Å²) in [6, 6.07) is 6.79. The molecule has 0 spiro atoms. The number of aromatic nitrogens is 3. The molecule has 1 fully saturated rings. The number of nitrogens with one attached hydrogen (secondary N) is 1. The Morgan fingerprint density at radius 1 is 1.15 bits per heavy atom. The highest BCUT2D eigenvalue weighted by molar-refractivity contribution is 7.92. The molecule has 4 rings (SSSR count). The number of nitrogens with zero attached hydrogens (tertiary/aromatic N) is 4. The van der Waals surface area contributed by atoms with E-state index in [1.54, 1.807) is 49.7 Å². The second kappa shape index (κ2) is 8.90. The monoisotopic (exact) mass is 487 g/mol. The summed E-state index contributed by atoms with van der Waals surface area (Å²) < 4.78 is 30.6. The molecule has 10 heteroatoms. The molecule has 0 aliphatic carbocycles. The summed E-state index contributed by atoms with van der Waals surface area (Å²) in [5.74, 6) is 0.922. The van der Waals surface area contributed by atoms with E-state index in [9.17, 15) is 13.2 Å². The van der Waals surface area contributed by atoms with Crippen LogP contribution in [0.3, 0.4) is 0 Å². The number of likely N-dealkylation sites (tertiary alicyclic amines) is 1. The van der Waals surface area contributed by atoms with Crippen molar-refractivity contribution in [3.05, 3.63) is 46.2 Å². The minimum Gasteiger partial charge on any atom is -0.345 e.